The van der Waals surface area contributed by atoms with Gasteiger partial charge in [-0.15, -0.1) is 0 Å². The van der Waals surface area contributed by atoms with Gasteiger partial charge in [-0.05, 0) is 25.2 Å². The molecule has 2 atom stereocenters. The molecule has 2 saturated heterocycles. The SMILES string of the molecule is CC(C)CC1NCN(CC2CCCS2(=O)=O)C1=O. The van der Waals surface area contributed by atoms with Crippen molar-refractivity contribution in [2.45, 2.75) is 44.4 Å². The van der Waals surface area contributed by atoms with E-state index in [2.05, 4.69) is 19.2 Å². The fourth-order valence-corrected chi connectivity index (χ4v) is 4.56. The predicted octanol–water partition coefficient (Wildman–Crippen LogP) is 0.368. The van der Waals surface area contributed by atoms with E-state index >= 15 is 0 Å². The van der Waals surface area contributed by atoms with E-state index in [1.807, 2.05) is 0 Å². The van der Waals surface area contributed by atoms with Crippen molar-refractivity contribution < 1.29 is 13.2 Å². The van der Waals surface area contributed by atoms with Crippen LogP contribution in [0, 0.1) is 5.92 Å². The van der Waals surface area contributed by atoms with Crippen molar-refractivity contribution in [1.82, 2.24) is 10.2 Å². The molecule has 2 aliphatic heterocycles. The second-order valence-electron chi connectivity index (χ2n) is 5.74. The van der Waals surface area contributed by atoms with Crippen LogP contribution in [-0.4, -0.2) is 49.5 Å². The number of carbonyl (C=O) groups excluding carboxylic acids is 1. The van der Waals surface area contributed by atoms with Gasteiger partial charge in [0.05, 0.1) is 23.7 Å². The lowest BCUT2D eigenvalue weighted by atomic mass is 10.0. The normalized spacial score (nSPS) is 31.5. The summed E-state index contributed by atoms with van der Waals surface area (Å²) in [6.07, 6.45) is 2.24. The van der Waals surface area contributed by atoms with E-state index in [0.717, 1.165) is 12.8 Å². The molecular formula is C12H22N2O3S. The van der Waals surface area contributed by atoms with Crippen LogP contribution >= 0.6 is 0 Å². The van der Waals surface area contributed by atoms with Crippen molar-refractivity contribution in [1.29, 1.82) is 0 Å². The number of amides is 1. The molecule has 2 aliphatic rings. The van der Waals surface area contributed by atoms with Crippen molar-refractivity contribution in [3.63, 3.8) is 0 Å². The quantitative estimate of drug-likeness (QED) is 0.804. The molecule has 0 aliphatic carbocycles. The van der Waals surface area contributed by atoms with Gasteiger partial charge in [0.2, 0.25) is 5.91 Å². The molecule has 18 heavy (non-hydrogen) atoms. The molecule has 2 unspecified atom stereocenters. The maximum absolute atomic E-state index is 12.1. The fourth-order valence-electron chi connectivity index (χ4n) is 2.73. The van der Waals surface area contributed by atoms with E-state index < -0.39 is 9.84 Å². The highest BCUT2D eigenvalue weighted by atomic mass is 32.2. The topological polar surface area (TPSA) is 66.5 Å². The first-order chi connectivity index (χ1) is 8.40. The Morgan fingerprint density at radius 3 is 2.72 bits per heavy atom. The molecule has 0 aromatic rings. The van der Waals surface area contributed by atoms with Crippen LogP contribution in [0.1, 0.15) is 33.1 Å². The molecule has 0 saturated carbocycles. The maximum Gasteiger partial charge on any atom is 0.240 e. The van der Waals surface area contributed by atoms with Crippen molar-refractivity contribution in [3.05, 3.63) is 0 Å². The number of hydrogen-bond acceptors (Lipinski definition) is 4. The van der Waals surface area contributed by atoms with Crippen LogP contribution in [0.2, 0.25) is 0 Å². The molecule has 104 valence electrons. The summed E-state index contributed by atoms with van der Waals surface area (Å²) in [6, 6.07) is -0.130. The van der Waals surface area contributed by atoms with Crippen LogP contribution in [0.4, 0.5) is 0 Å². The zero-order chi connectivity index (χ0) is 13.3. The van der Waals surface area contributed by atoms with Crippen molar-refractivity contribution in [3.8, 4) is 0 Å². The first-order valence-corrected chi connectivity index (χ1v) is 8.35. The Labute approximate surface area is 109 Å². The van der Waals surface area contributed by atoms with Gasteiger partial charge in [0.15, 0.2) is 9.84 Å². The average Bonchev–Trinajstić information content (AvgIpc) is 2.75. The minimum atomic E-state index is -2.96. The highest BCUT2D eigenvalue weighted by Gasteiger charge is 2.38. The van der Waals surface area contributed by atoms with Gasteiger partial charge in [-0.25, -0.2) is 8.42 Å². The molecule has 2 heterocycles. The number of nitrogens with zero attached hydrogens (tertiary/aromatic N) is 1. The molecule has 0 aromatic heterocycles. The monoisotopic (exact) mass is 274 g/mol. The Hall–Kier alpha value is -0.620. The number of nitrogens with one attached hydrogen (secondary N) is 1. The van der Waals surface area contributed by atoms with Crippen LogP contribution < -0.4 is 5.32 Å². The molecular weight excluding hydrogens is 252 g/mol. The number of carbonyl (C=O) groups is 1. The third kappa shape index (κ3) is 2.85. The van der Waals surface area contributed by atoms with Gasteiger partial charge in [0.25, 0.3) is 0 Å². The second kappa shape index (κ2) is 5.17. The molecule has 1 amide bonds. The molecule has 0 bridgehead atoms. The summed E-state index contributed by atoms with van der Waals surface area (Å²) in [4.78, 5) is 13.8. The smallest absolute Gasteiger partial charge is 0.240 e. The van der Waals surface area contributed by atoms with Crippen LogP contribution in [0.5, 0.6) is 0 Å². The Morgan fingerprint density at radius 2 is 2.17 bits per heavy atom. The molecule has 0 spiro atoms. The zero-order valence-corrected chi connectivity index (χ0v) is 11.9. The first-order valence-electron chi connectivity index (χ1n) is 6.64. The van der Waals surface area contributed by atoms with Crippen molar-refractivity contribution in [2.24, 2.45) is 5.92 Å². The highest BCUT2D eigenvalue weighted by Crippen LogP contribution is 2.22. The standard InChI is InChI=1S/C12H22N2O3S/c1-9(2)6-11-12(15)14(8-13-11)7-10-4-3-5-18(10,16)17/h9-11,13H,3-8H2,1-2H3. The van der Waals surface area contributed by atoms with Crippen LogP contribution in [0.15, 0.2) is 0 Å². The summed E-state index contributed by atoms with van der Waals surface area (Å²) < 4.78 is 23.5. The molecule has 2 fully saturated rings. The number of sulfone groups is 1. The molecule has 1 N–H and O–H groups in total. The summed E-state index contributed by atoms with van der Waals surface area (Å²) in [5.41, 5.74) is 0. The lowest BCUT2D eigenvalue weighted by Crippen LogP contribution is -2.38. The lowest BCUT2D eigenvalue weighted by Gasteiger charge is -2.19. The molecule has 2 rings (SSSR count). The van der Waals surface area contributed by atoms with E-state index in [1.54, 1.807) is 4.90 Å². The van der Waals surface area contributed by atoms with E-state index in [9.17, 15) is 13.2 Å². The highest BCUT2D eigenvalue weighted by molar-refractivity contribution is 7.92. The van der Waals surface area contributed by atoms with E-state index in [-0.39, 0.29) is 23.0 Å². The predicted molar refractivity (Wildman–Crippen MR) is 69.8 cm³/mol. The third-order valence-electron chi connectivity index (χ3n) is 3.73. The minimum Gasteiger partial charge on any atom is -0.327 e. The Kier molecular flexibility index (Phi) is 3.96. The van der Waals surface area contributed by atoms with Gasteiger partial charge in [-0.3, -0.25) is 10.1 Å². The summed E-state index contributed by atoms with van der Waals surface area (Å²) >= 11 is 0. The maximum atomic E-state index is 12.1. The summed E-state index contributed by atoms with van der Waals surface area (Å²) in [6.45, 7) is 5.02. The van der Waals surface area contributed by atoms with Crippen molar-refractivity contribution in [2.75, 3.05) is 19.0 Å². The number of rotatable bonds is 4. The lowest BCUT2D eigenvalue weighted by molar-refractivity contribution is -0.129. The molecule has 5 nitrogen and oxygen atoms in total. The number of hydrogen-bond donors (Lipinski definition) is 1. The molecule has 0 radical (unpaired) electrons. The second-order valence-corrected chi connectivity index (χ2v) is 8.14. The van der Waals surface area contributed by atoms with Gasteiger partial charge < -0.3 is 4.90 Å². The van der Waals surface area contributed by atoms with Crippen LogP contribution in [0.3, 0.4) is 0 Å². The summed E-state index contributed by atoms with van der Waals surface area (Å²) in [7, 11) is -2.96. The zero-order valence-electron chi connectivity index (χ0n) is 11.1. The van der Waals surface area contributed by atoms with E-state index in [4.69, 9.17) is 0 Å². The fraction of sp³-hybridized carbons (Fsp3) is 0.917. The average molecular weight is 274 g/mol. The van der Waals surface area contributed by atoms with Gasteiger partial charge in [0.1, 0.15) is 0 Å². The van der Waals surface area contributed by atoms with E-state index in [1.165, 1.54) is 0 Å². The van der Waals surface area contributed by atoms with Gasteiger partial charge in [0, 0.05) is 6.54 Å². The van der Waals surface area contributed by atoms with Gasteiger partial charge >= 0.3 is 0 Å². The third-order valence-corrected chi connectivity index (χ3v) is 5.99. The van der Waals surface area contributed by atoms with E-state index in [0.29, 0.717) is 25.6 Å². The van der Waals surface area contributed by atoms with Gasteiger partial charge in [-0.1, -0.05) is 13.8 Å². The first kappa shape index (κ1) is 13.8. The molecule has 6 heteroatoms. The van der Waals surface area contributed by atoms with Crippen LogP contribution in [0.25, 0.3) is 0 Å². The summed E-state index contributed by atoms with van der Waals surface area (Å²) in [5, 5.41) is 2.82. The molecule has 0 aromatic carbocycles. The summed E-state index contributed by atoms with van der Waals surface area (Å²) in [5.74, 6) is 0.801. The Balaban J connectivity index is 1.94. The largest absolute Gasteiger partial charge is 0.327 e. The Morgan fingerprint density at radius 1 is 1.44 bits per heavy atom. The van der Waals surface area contributed by atoms with Crippen molar-refractivity contribution >= 4 is 15.7 Å². The van der Waals surface area contributed by atoms with Gasteiger partial charge in [-0.2, -0.15) is 0 Å². The minimum absolute atomic E-state index is 0.0609. The van der Waals surface area contributed by atoms with Crippen LogP contribution in [-0.2, 0) is 14.6 Å². The Bertz CT molecular complexity index is 419.